The summed E-state index contributed by atoms with van der Waals surface area (Å²) in [5.74, 6) is -2.19. The Morgan fingerprint density at radius 1 is 1.14 bits per heavy atom. The van der Waals surface area contributed by atoms with E-state index in [9.17, 15) is 13.6 Å². The van der Waals surface area contributed by atoms with Gasteiger partial charge in [-0.15, -0.1) is 0 Å². The van der Waals surface area contributed by atoms with Crippen LogP contribution in [0.5, 0.6) is 0 Å². The first-order valence-corrected chi connectivity index (χ1v) is 5.99. The molecule has 0 spiro atoms. The number of hydrogen-bond acceptors (Lipinski definition) is 3. The molecule has 0 aliphatic heterocycles. The highest BCUT2D eigenvalue weighted by Gasteiger charge is 2.18. The molecule has 1 heterocycles. The number of rotatable bonds is 1. The molecule has 2 aromatic carbocycles. The minimum Gasteiger partial charge on any atom is -0.306 e. The largest absolute Gasteiger partial charge is 0.306 e. The molecule has 0 amide bonds. The van der Waals surface area contributed by atoms with Gasteiger partial charge in [0.2, 0.25) is 0 Å². The number of nitriles is 1. The number of fused-ring (bicyclic) bond motifs is 1. The molecule has 3 aromatic rings. The van der Waals surface area contributed by atoms with Crippen LogP contribution in [-0.4, -0.2) is 9.97 Å². The number of H-pyrrole nitrogens is 1. The Morgan fingerprint density at radius 3 is 2.67 bits per heavy atom. The van der Waals surface area contributed by atoms with Gasteiger partial charge in [0.25, 0.3) is 5.56 Å². The first kappa shape index (κ1) is 12.9. The zero-order chi connectivity index (χ0) is 15.0. The van der Waals surface area contributed by atoms with Crippen molar-refractivity contribution in [1.29, 1.82) is 5.26 Å². The molecule has 6 heteroatoms. The van der Waals surface area contributed by atoms with Gasteiger partial charge in [0.05, 0.1) is 22.0 Å². The van der Waals surface area contributed by atoms with Crippen molar-refractivity contribution < 1.29 is 8.78 Å². The van der Waals surface area contributed by atoms with E-state index < -0.39 is 22.8 Å². The van der Waals surface area contributed by atoms with E-state index in [0.717, 1.165) is 12.1 Å². The van der Waals surface area contributed by atoms with Crippen LogP contribution in [0.2, 0.25) is 0 Å². The Balaban J connectivity index is 2.37. The van der Waals surface area contributed by atoms with Gasteiger partial charge in [-0.25, -0.2) is 13.8 Å². The second-order valence-corrected chi connectivity index (χ2v) is 4.33. The summed E-state index contributed by atoms with van der Waals surface area (Å²) in [5.41, 5.74) is -1.02. The lowest BCUT2D eigenvalue weighted by Gasteiger charge is -2.06. The van der Waals surface area contributed by atoms with E-state index in [1.54, 1.807) is 30.3 Å². The lowest BCUT2D eigenvalue weighted by molar-refractivity contribution is 0.585. The Bertz CT molecular complexity index is 957. The number of halogens is 2. The number of hydrogen-bond donors (Lipinski definition) is 1. The topological polar surface area (TPSA) is 69.5 Å². The SMILES string of the molecule is N#Cc1ccc(F)c(-c2nc3ccccc3c(=O)[nH]2)c1F. The molecule has 0 unspecified atom stereocenters. The van der Waals surface area contributed by atoms with Crippen molar-refractivity contribution in [3.8, 4) is 17.5 Å². The Morgan fingerprint density at radius 2 is 1.90 bits per heavy atom. The second kappa shape index (κ2) is 4.80. The van der Waals surface area contributed by atoms with Crippen LogP contribution in [-0.2, 0) is 0 Å². The van der Waals surface area contributed by atoms with Crippen molar-refractivity contribution in [3.63, 3.8) is 0 Å². The summed E-state index contributed by atoms with van der Waals surface area (Å²) >= 11 is 0. The number of benzene rings is 2. The fourth-order valence-electron chi connectivity index (χ4n) is 2.06. The minimum atomic E-state index is -1.05. The predicted molar refractivity (Wildman–Crippen MR) is 72.4 cm³/mol. The van der Waals surface area contributed by atoms with E-state index in [4.69, 9.17) is 5.26 Å². The highest BCUT2D eigenvalue weighted by molar-refractivity contribution is 5.79. The number of para-hydroxylation sites is 1. The minimum absolute atomic E-state index is 0.245. The lowest BCUT2D eigenvalue weighted by atomic mass is 10.1. The monoisotopic (exact) mass is 283 g/mol. The van der Waals surface area contributed by atoms with Crippen molar-refractivity contribution in [3.05, 3.63) is 63.9 Å². The van der Waals surface area contributed by atoms with Crippen molar-refractivity contribution in [1.82, 2.24) is 9.97 Å². The average molecular weight is 283 g/mol. The Hall–Kier alpha value is -3.07. The first-order chi connectivity index (χ1) is 10.1. The molecule has 0 aliphatic rings. The third kappa shape index (κ3) is 2.05. The summed E-state index contributed by atoms with van der Waals surface area (Å²) in [6.07, 6.45) is 0. The maximum absolute atomic E-state index is 14.1. The molecule has 21 heavy (non-hydrogen) atoms. The molecule has 3 rings (SSSR count). The number of nitrogens with zero attached hydrogens (tertiary/aromatic N) is 2. The Kier molecular flexibility index (Phi) is 2.95. The van der Waals surface area contributed by atoms with Crippen LogP contribution in [0.3, 0.4) is 0 Å². The third-order valence-corrected chi connectivity index (χ3v) is 3.06. The molecular formula is C15H7F2N3O. The summed E-state index contributed by atoms with van der Waals surface area (Å²) in [7, 11) is 0. The van der Waals surface area contributed by atoms with E-state index in [2.05, 4.69) is 9.97 Å². The van der Waals surface area contributed by atoms with Crippen LogP contribution in [0.4, 0.5) is 8.78 Å². The lowest BCUT2D eigenvalue weighted by Crippen LogP contribution is -2.11. The molecule has 0 fully saturated rings. The van der Waals surface area contributed by atoms with Gasteiger partial charge in [-0.2, -0.15) is 5.26 Å². The zero-order valence-electron chi connectivity index (χ0n) is 10.5. The van der Waals surface area contributed by atoms with Crippen LogP contribution < -0.4 is 5.56 Å². The van der Waals surface area contributed by atoms with Gasteiger partial charge < -0.3 is 4.98 Å². The Labute approximate surface area is 117 Å². The first-order valence-electron chi connectivity index (χ1n) is 5.99. The standard InChI is InChI=1S/C15H7F2N3O/c16-10-6-5-8(7-18)13(17)12(10)14-19-11-4-2-1-3-9(11)15(21)20-14/h1-6H,(H,19,20,21). The smallest absolute Gasteiger partial charge is 0.259 e. The normalized spacial score (nSPS) is 10.5. The highest BCUT2D eigenvalue weighted by atomic mass is 19.1. The molecule has 0 radical (unpaired) electrons. The van der Waals surface area contributed by atoms with E-state index in [0.29, 0.717) is 10.9 Å². The molecule has 0 bridgehead atoms. The van der Waals surface area contributed by atoms with Crippen molar-refractivity contribution >= 4 is 10.9 Å². The van der Waals surface area contributed by atoms with E-state index in [-0.39, 0.29) is 11.4 Å². The van der Waals surface area contributed by atoms with Gasteiger partial charge in [0, 0.05) is 0 Å². The second-order valence-electron chi connectivity index (χ2n) is 4.33. The van der Waals surface area contributed by atoms with Gasteiger partial charge in [0.1, 0.15) is 17.7 Å². The molecule has 0 atom stereocenters. The fourth-order valence-corrected chi connectivity index (χ4v) is 2.06. The van der Waals surface area contributed by atoms with Crippen LogP contribution in [0.15, 0.2) is 41.2 Å². The van der Waals surface area contributed by atoms with E-state index in [1.165, 1.54) is 0 Å². The summed E-state index contributed by atoms with van der Waals surface area (Å²) in [5, 5.41) is 9.12. The molecule has 0 aliphatic carbocycles. The molecule has 4 nitrogen and oxygen atoms in total. The average Bonchev–Trinajstić information content (AvgIpc) is 2.48. The quantitative estimate of drug-likeness (QED) is 0.746. The van der Waals surface area contributed by atoms with Gasteiger partial charge in [0.15, 0.2) is 5.82 Å². The van der Waals surface area contributed by atoms with Crippen LogP contribution in [0, 0.1) is 23.0 Å². The van der Waals surface area contributed by atoms with Crippen molar-refractivity contribution in [2.75, 3.05) is 0 Å². The number of aromatic nitrogens is 2. The van der Waals surface area contributed by atoms with E-state index >= 15 is 0 Å². The van der Waals surface area contributed by atoms with Crippen LogP contribution >= 0.6 is 0 Å². The van der Waals surface area contributed by atoms with Gasteiger partial charge in [-0.3, -0.25) is 4.79 Å². The third-order valence-electron chi connectivity index (χ3n) is 3.06. The summed E-state index contributed by atoms with van der Waals surface area (Å²) < 4.78 is 28.0. The van der Waals surface area contributed by atoms with Crippen LogP contribution in [0.1, 0.15) is 5.56 Å². The molecule has 102 valence electrons. The summed E-state index contributed by atoms with van der Waals surface area (Å²) in [6.45, 7) is 0. The summed E-state index contributed by atoms with van der Waals surface area (Å²) in [4.78, 5) is 18.3. The van der Waals surface area contributed by atoms with E-state index in [1.807, 2.05) is 0 Å². The molecular weight excluding hydrogens is 276 g/mol. The maximum Gasteiger partial charge on any atom is 0.259 e. The van der Waals surface area contributed by atoms with Crippen molar-refractivity contribution in [2.45, 2.75) is 0 Å². The highest BCUT2D eigenvalue weighted by Crippen LogP contribution is 2.25. The maximum atomic E-state index is 14.1. The summed E-state index contributed by atoms with van der Waals surface area (Å²) in [6, 6.07) is 10.1. The molecule has 1 N–H and O–H groups in total. The van der Waals surface area contributed by atoms with Gasteiger partial charge >= 0.3 is 0 Å². The number of aromatic amines is 1. The van der Waals surface area contributed by atoms with Gasteiger partial charge in [-0.05, 0) is 24.3 Å². The fraction of sp³-hybridized carbons (Fsp3) is 0. The van der Waals surface area contributed by atoms with Crippen molar-refractivity contribution in [2.24, 2.45) is 0 Å². The molecule has 1 aromatic heterocycles. The number of nitrogens with one attached hydrogen (secondary N) is 1. The zero-order valence-corrected chi connectivity index (χ0v) is 10.5. The van der Waals surface area contributed by atoms with Gasteiger partial charge in [-0.1, -0.05) is 12.1 Å². The predicted octanol–water partition coefficient (Wildman–Crippen LogP) is 2.74. The molecule has 0 saturated carbocycles. The molecule has 0 saturated heterocycles. The van der Waals surface area contributed by atoms with Crippen LogP contribution in [0.25, 0.3) is 22.3 Å².